The van der Waals surface area contributed by atoms with Crippen LogP contribution < -0.4 is 15.4 Å². The van der Waals surface area contributed by atoms with E-state index in [0.717, 1.165) is 42.7 Å². The molecule has 1 unspecified atom stereocenters. The van der Waals surface area contributed by atoms with Crippen molar-refractivity contribution in [3.05, 3.63) is 72.4 Å². The molecule has 0 bridgehead atoms. The minimum atomic E-state index is 0.283. The fraction of sp³-hybridized carbons (Fsp3) is 0.400. The van der Waals surface area contributed by atoms with E-state index in [2.05, 4.69) is 48.7 Å². The van der Waals surface area contributed by atoms with Crippen molar-refractivity contribution >= 4 is 5.96 Å². The zero-order valence-electron chi connectivity index (χ0n) is 19.4. The maximum absolute atomic E-state index is 5.34. The van der Waals surface area contributed by atoms with Crippen LogP contribution in [0.4, 0.5) is 0 Å². The van der Waals surface area contributed by atoms with Crippen LogP contribution in [0.1, 0.15) is 36.4 Å². The third kappa shape index (κ3) is 6.10. The van der Waals surface area contributed by atoms with E-state index in [0.29, 0.717) is 6.54 Å². The molecule has 0 saturated carbocycles. The molecule has 0 amide bonds. The van der Waals surface area contributed by atoms with Gasteiger partial charge in [0, 0.05) is 38.7 Å². The molecule has 2 N–H and O–H groups in total. The van der Waals surface area contributed by atoms with Crippen LogP contribution in [0.2, 0.25) is 0 Å². The van der Waals surface area contributed by atoms with Crippen molar-refractivity contribution in [2.75, 3.05) is 33.8 Å². The van der Waals surface area contributed by atoms with Gasteiger partial charge in [-0.1, -0.05) is 24.6 Å². The number of piperidine rings is 1. The van der Waals surface area contributed by atoms with E-state index in [1.807, 2.05) is 35.2 Å². The van der Waals surface area contributed by atoms with Crippen LogP contribution in [0.5, 0.6) is 5.75 Å². The van der Waals surface area contributed by atoms with Crippen molar-refractivity contribution < 1.29 is 4.74 Å². The minimum absolute atomic E-state index is 0.283. The second-order valence-electron chi connectivity index (χ2n) is 8.19. The summed E-state index contributed by atoms with van der Waals surface area (Å²) in [7, 11) is 3.51. The largest absolute Gasteiger partial charge is 0.497 e. The number of likely N-dealkylation sites (tertiary alicyclic amines) is 1. The zero-order valence-corrected chi connectivity index (χ0v) is 19.4. The lowest BCUT2D eigenvalue weighted by Gasteiger charge is -2.35. The van der Waals surface area contributed by atoms with Gasteiger partial charge in [-0.05, 0) is 55.3 Å². The summed E-state index contributed by atoms with van der Waals surface area (Å²) in [5.74, 6) is 2.51. The minimum Gasteiger partial charge on any atom is -0.497 e. The Morgan fingerprint density at radius 3 is 2.55 bits per heavy atom. The number of nitrogens with one attached hydrogen (secondary N) is 2. The van der Waals surface area contributed by atoms with Gasteiger partial charge in [0.15, 0.2) is 5.96 Å². The Kier molecular flexibility index (Phi) is 7.92. The highest BCUT2D eigenvalue weighted by Gasteiger charge is 2.22. The normalized spacial score (nSPS) is 15.8. The predicted molar refractivity (Wildman–Crippen MR) is 131 cm³/mol. The van der Waals surface area contributed by atoms with Gasteiger partial charge in [-0.2, -0.15) is 0 Å². The molecule has 1 atom stereocenters. The number of guanidine groups is 1. The molecule has 1 saturated heterocycles. The van der Waals surface area contributed by atoms with Crippen molar-refractivity contribution in [3.8, 4) is 11.6 Å². The third-order valence-corrected chi connectivity index (χ3v) is 6.06. The van der Waals surface area contributed by atoms with Crippen molar-refractivity contribution in [1.29, 1.82) is 0 Å². The second kappa shape index (κ2) is 11.5. The van der Waals surface area contributed by atoms with E-state index in [1.54, 1.807) is 26.7 Å². The van der Waals surface area contributed by atoms with Gasteiger partial charge in [0.2, 0.25) is 0 Å². The van der Waals surface area contributed by atoms with Crippen LogP contribution in [0, 0.1) is 0 Å². The molecule has 1 aromatic carbocycles. The molecular weight excluding hydrogens is 414 g/mol. The summed E-state index contributed by atoms with van der Waals surface area (Å²) in [6.45, 7) is 3.68. The summed E-state index contributed by atoms with van der Waals surface area (Å²) < 4.78 is 7.23. The first kappa shape index (κ1) is 22.8. The summed E-state index contributed by atoms with van der Waals surface area (Å²) in [5.41, 5.74) is 2.38. The monoisotopic (exact) mass is 447 g/mol. The summed E-state index contributed by atoms with van der Waals surface area (Å²) in [5, 5.41) is 6.94. The molecule has 8 heteroatoms. The van der Waals surface area contributed by atoms with E-state index in [9.17, 15) is 0 Å². The summed E-state index contributed by atoms with van der Waals surface area (Å²) >= 11 is 0. The van der Waals surface area contributed by atoms with E-state index in [4.69, 9.17) is 4.74 Å². The van der Waals surface area contributed by atoms with Crippen LogP contribution in [-0.2, 0) is 6.54 Å². The summed E-state index contributed by atoms with van der Waals surface area (Å²) in [4.78, 5) is 15.6. The van der Waals surface area contributed by atoms with Crippen molar-refractivity contribution in [3.63, 3.8) is 0 Å². The number of benzene rings is 1. The highest BCUT2D eigenvalue weighted by atomic mass is 16.5. The summed E-state index contributed by atoms with van der Waals surface area (Å²) in [6.07, 6.45) is 11.1. The number of imidazole rings is 1. The topological polar surface area (TPSA) is 79.6 Å². The smallest absolute Gasteiger partial charge is 0.191 e. The van der Waals surface area contributed by atoms with Gasteiger partial charge in [0.25, 0.3) is 0 Å². The SMILES string of the molecule is CN=C(NCc1ccc(-n2ccnc2)nc1)NCC(c1ccc(OC)cc1)N1CCCCC1. The molecule has 2 aromatic heterocycles. The van der Waals surface area contributed by atoms with Crippen LogP contribution >= 0.6 is 0 Å². The summed E-state index contributed by atoms with van der Waals surface area (Å²) in [6, 6.07) is 12.8. The maximum atomic E-state index is 5.34. The Hall–Kier alpha value is -3.39. The second-order valence-corrected chi connectivity index (χ2v) is 8.19. The Morgan fingerprint density at radius 1 is 1.09 bits per heavy atom. The van der Waals surface area contributed by atoms with Crippen LogP contribution in [-0.4, -0.2) is 59.2 Å². The van der Waals surface area contributed by atoms with Gasteiger partial charge in [0.05, 0.1) is 13.2 Å². The number of methoxy groups -OCH3 is 1. The maximum Gasteiger partial charge on any atom is 0.191 e. The third-order valence-electron chi connectivity index (χ3n) is 6.06. The zero-order chi connectivity index (χ0) is 22.9. The lowest BCUT2D eigenvalue weighted by Crippen LogP contribution is -2.44. The molecule has 174 valence electrons. The quantitative estimate of drug-likeness (QED) is 0.408. The van der Waals surface area contributed by atoms with Crippen LogP contribution in [0.25, 0.3) is 5.82 Å². The number of aliphatic imine (C=N–C) groups is 1. The van der Waals surface area contributed by atoms with Gasteiger partial charge in [-0.15, -0.1) is 0 Å². The molecular formula is C25H33N7O. The molecule has 33 heavy (non-hydrogen) atoms. The highest BCUT2D eigenvalue weighted by molar-refractivity contribution is 5.79. The molecule has 1 fully saturated rings. The number of ether oxygens (including phenoxy) is 1. The average molecular weight is 448 g/mol. The highest BCUT2D eigenvalue weighted by Crippen LogP contribution is 2.25. The molecule has 1 aliphatic rings. The van der Waals surface area contributed by atoms with Gasteiger partial charge < -0.3 is 15.4 Å². The van der Waals surface area contributed by atoms with Crippen molar-refractivity contribution in [1.82, 2.24) is 30.1 Å². The standard InChI is InChI=1S/C25H33N7O/c1-26-25(29-17-20-6-11-24(28-16-20)32-15-12-27-19-32)30-18-23(31-13-4-3-5-14-31)21-7-9-22(33-2)10-8-21/h6-12,15-16,19,23H,3-5,13-14,17-18H2,1-2H3,(H2,26,29,30). The van der Waals surface area contributed by atoms with E-state index < -0.39 is 0 Å². The lowest BCUT2D eigenvalue weighted by atomic mass is 10.0. The lowest BCUT2D eigenvalue weighted by molar-refractivity contribution is 0.164. The van der Waals surface area contributed by atoms with Crippen molar-refractivity contribution in [2.24, 2.45) is 4.99 Å². The number of hydrogen-bond acceptors (Lipinski definition) is 5. The van der Waals surface area contributed by atoms with Crippen molar-refractivity contribution in [2.45, 2.75) is 31.8 Å². The first-order valence-corrected chi connectivity index (χ1v) is 11.5. The van der Waals surface area contributed by atoms with E-state index >= 15 is 0 Å². The first-order valence-electron chi connectivity index (χ1n) is 11.5. The number of aromatic nitrogens is 3. The molecule has 0 aliphatic carbocycles. The van der Waals surface area contributed by atoms with E-state index in [-0.39, 0.29) is 6.04 Å². The molecule has 3 heterocycles. The number of nitrogens with zero attached hydrogens (tertiary/aromatic N) is 5. The number of rotatable bonds is 8. The molecule has 3 aromatic rings. The van der Waals surface area contributed by atoms with E-state index in [1.165, 1.54) is 24.8 Å². The predicted octanol–water partition coefficient (Wildman–Crippen LogP) is 3.17. The van der Waals surface area contributed by atoms with Gasteiger partial charge in [0.1, 0.15) is 17.9 Å². The molecule has 4 rings (SSSR count). The van der Waals surface area contributed by atoms with Gasteiger partial charge >= 0.3 is 0 Å². The Balaban J connectivity index is 1.36. The fourth-order valence-corrected chi connectivity index (χ4v) is 4.18. The van der Waals surface area contributed by atoms with Gasteiger partial charge in [-0.3, -0.25) is 14.5 Å². The Morgan fingerprint density at radius 2 is 1.91 bits per heavy atom. The molecule has 0 radical (unpaired) electrons. The Labute approximate surface area is 195 Å². The van der Waals surface area contributed by atoms with Crippen LogP contribution in [0.3, 0.4) is 0 Å². The Bertz CT molecular complexity index is 994. The first-order chi connectivity index (χ1) is 16.3. The average Bonchev–Trinajstić information content (AvgIpc) is 3.42. The molecule has 8 nitrogen and oxygen atoms in total. The molecule has 0 spiro atoms. The van der Waals surface area contributed by atoms with Gasteiger partial charge in [-0.25, -0.2) is 9.97 Å². The number of hydrogen-bond donors (Lipinski definition) is 2. The number of pyridine rings is 1. The fourth-order valence-electron chi connectivity index (χ4n) is 4.18. The van der Waals surface area contributed by atoms with Crippen LogP contribution in [0.15, 0.2) is 66.3 Å². The molecule has 1 aliphatic heterocycles.